The van der Waals surface area contributed by atoms with Gasteiger partial charge in [-0.1, -0.05) is 0 Å². The van der Waals surface area contributed by atoms with Gasteiger partial charge in [0.25, 0.3) is 5.69 Å². The third kappa shape index (κ3) is 3.55. The highest BCUT2D eigenvalue weighted by molar-refractivity contribution is 7.90. The molecule has 0 aliphatic carbocycles. The lowest BCUT2D eigenvalue weighted by Gasteiger charge is -2.18. The molecule has 0 radical (unpaired) electrons. The van der Waals surface area contributed by atoms with Crippen LogP contribution >= 0.6 is 0 Å². The number of rotatable bonds is 5. The zero-order valence-electron chi connectivity index (χ0n) is 12.0. The summed E-state index contributed by atoms with van der Waals surface area (Å²) in [6.07, 6.45) is 5.64. The fourth-order valence-electron chi connectivity index (χ4n) is 1.94. The molecule has 9 heteroatoms. The summed E-state index contributed by atoms with van der Waals surface area (Å²) in [4.78, 5) is 20.2. The summed E-state index contributed by atoms with van der Waals surface area (Å²) in [6.45, 7) is 0.312. The van der Waals surface area contributed by atoms with Gasteiger partial charge in [0, 0.05) is 31.8 Å². The maximum Gasteiger partial charge on any atom is 0.293 e. The third-order valence-electron chi connectivity index (χ3n) is 3.00. The Morgan fingerprint density at radius 2 is 2.05 bits per heavy atom. The molecule has 22 heavy (non-hydrogen) atoms. The van der Waals surface area contributed by atoms with Crippen LogP contribution in [0.1, 0.15) is 5.69 Å². The molecule has 0 aliphatic heterocycles. The molecule has 0 atom stereocenters. The molecule has 0 bridgehead atoms. The minimum Gasteiger partial charge on any atom is -0.363 e. The second-order valence-electron chi connectivity index (χ2n) is 4.73. The Kier molecular flexibility index (Phi) is 4.36. The summed E-state index contributed by atoms with van der Waals surface area (Å²) in [6, 6.07) is 3.84. The first kappa shape index (κ1) is 15.8. The van der Waals surface area contributed by atoms with Crippen molar-refractivity contribution < 1.29 is 13.3 Å². The summed E-state index contributed by atoms with van der Waals surface area (Å²) < 4.78 is 23.1. The zero-order valence-corrected chi connectivity index (χ0v) is 12.8. The Morgan fingerprint density at radius 3 is 2.59 bits per heavy atom. The van der Waals surface area contributed by atoms with E-state index in [1.54, 1.807) is 18.1 Å². The van der Waals surface area contributed by atoms with Crippen molar-refractivity contribution in [2.24, 2.45) is 0 Å². The van der Waals surface area contributed by atoms with Gasteiger partial charge in [-0.2, -0.15) is 0 Å². The first-order valence-corrected chi connectivity index (χ1v) is 8.12. The van der Waals surface area contributed by atoms with Crippen LogP contribution in [0.15, 0.2) is 41.7 Å². The van der Waals surface area contributed by atoms with E-state index in [0.717, 1.165) is 12.3 Å². The molecular weight excluding hydrogens is 308 g/mol. The Balaban J connectivity index is 2.40. The SMILES string of the molecule is CN(Cc1cnccn1)c1ccc(S(C)(=O)=O)cc1[N+](=O)[O-]. The van der Waals surface area contributed by atoms with E-state index in [9.17, 15) is 18.5 Å². The van der Waals surface area contributed by atoms with E-state index in [1.165, 1.54) is 24.5 Å². The molecule has 1 aromatic carbocycles. The summed E-state index contributed by atoms with van der Waals surface area (Å²) in [5.41, 5.74) is 0.684. The lowest BCUT2D eigenvalue weighted by Crippen LogP contribution is -2.18. The van der Waals surface area contributed by atoms with E-state index in [1.807, 2.05) is 0 Å². The molecule has 8 nitrogen and oxygen atoms in total. The summed E-state index contributed by atoms with van der Waals surface area (Å²) in [7, 11) is -1.84. The van der Waals surface area contributed by atoms with Crippen LogP contribution in [0.3, 0.4) is 0 Å². The summed E-state index contributed by atoms with van der Waals surface area (Å²) >= 11 is 0. The maximum absolute atomic E-state index is 11.5. The van der Waals surface area contributed by atoms with Gasteiger partial charge in [-0.05, 0) is 12.1 Å². The number of aromatic nitrogens is 2. The third-order valence-corrected chi connectivity index (χ3v) is 4.11. The van der Waals surface area contributed by atoms with Crippen molar-refractivity contribution in [3.8, 4) is 0 Å². The lowest BCUT2D eigenvalue weighted by atomic mass is 10.2. The first-order chi connectivity index (χ1) is 10.3. The molecular formula is C13H14N4O4S. The second-order valence-corrected chi connectivity index (χ2v) is 6.75. The number of nitro groups is 1. The van der Waals surface area contributed by atoms with E-state index < -0.39 is 14.8 Å². The van der Waals surface area contributed by atoms with E-state index in [0.29, 0.717) is 17.9 Å². The molecule has 0 fully saturated rings. The molecule has 0 unspecified atom stereocenters. The van der Waals surface area contributed by atoms with Gasteiger partial charge in [0.15, 0.2) is 9.84 Å². The predicted octanol–water partition coefficient (Wildman–Crippen LogP) is 1.42. The smallest absolute Gasteiger partial charge is 0.293 e. The highest BCUT2D eigenvalue weighted by atomic mass is 32.2. The number of anilines is 1. The molecule has 0 saturated carbocycles. The quantitative estimate of drug-likeness (QED) is 0.605. The largest absolute Gasteiger partial charge is 0.363 e. The lowest BCUT2D eigenvalue weighted by molar-refractivity contribution is -0.384. The van der Waals surface area contributed by atoms with E-state index in [4.69, 9.17) is 0 Å². The molecule has 0 aliphatic rings. The van der Waals surface area contributed by atoms with E-state index in [2.05, 4.69) is 9.97 Å². The molecule has 2 rings (SSSR count). The minimum atomic E-state index is -3.51. The van der Waals surface area contributed by atoms with Crippen LogP contribution in [-0.4, -0.2) is 36.6 Å². The van der Waals surface area contributed by atoms with Crippen molar-refractivity contribution >= 4 is 21.2 Å². The van der Waals surface area contributed by atoms with Gasteiger partial charge < -0.3 is 4.90 Å². The van der Waals surface area contributed by atoms with Crippen LogP contribution in [0.4, 0.5) is 11.4 Å². The van der Waals surface area contributed by atoms with Crippen LogP contribution < -0.4 is 4.90 Å². The van der Waals surface area contributed by atoms with Gasteiger partial charge >= 0.3 is 0 Å². The molecule has 1 aromatic heterocycles. The summed E-state index contributed by atoms with van der Waals surface area (Å²) in [5, 5.41) is 11.2. The van der Waals surface area contributed by atoms with Gasteiger partial charge in [0.2, 0.25) is 0 Å². The fraction of sp³-hybridized carbons (Fsp3) is 0.231. The Morgan fingerprint density at radius 1 is 1.32 bits per heavy atom. The van der Waals surface area contributed by atoms with Gasteiger partial charge in [-0.25, -0.2) is 8.42 Å². The zero-order chi connectivity index (χ0) is 16.3. The number of hydrogen-bond acceptors (Lipinski definition) is 7. The highest BCUT2D eigenvalue weighted by Gasteiger charge is 2.21. The number of hydrogen-bond donors (Lipinski definition) is 0. The number of nitro benzene ring substituents is 1. The average molecular weight is 322 g/mol. The molecule has 0 N–H and O–H groups in total. The van der Waals surface area contributed by atoms with Crippen LogP contribution in [0, 0.1) is 10.1 Å². The topological polar surface area (TPSA) is 106 Å². The van der Waals surface area contributed by atoms with Gasteiger partial charge in [-0.3, -0.25) is 20.1 Å². The normalized spacial score (nSPS) is 11.2. The molecule has 0 amide bonds. The van der Waals surface area contributed by atoms with Crippen molar-refractivity contribution in [2.75, 3.05) is 18.2 Å². The first-order valence-electron chi connectivity index (χ1n) is 6.23. The van der Waals surface area contributed by atoms with Gasteiger partial charge in [0.05, 0.1) is 28.3 Å². The second kappa shape index (κ2) is 6.06. The van der Waals surface area contributed by atoms with Crippen molar-refractivity contribution in [1.29, 1.82) is 0 Å². The standard InChI is InChI=1S/C13H14N4O4S/c1-16(9-10-8-14-5-6-15-10)12-4-3-11(22(2,20)21)7-13(12)17(18)19/h3-8H,9H2,1-2H3. The molecule has 2 aromatic rings. The number of nitrogens with zero attached hydrogens (tertiary/aromatic N) is 4. The molecule has 1 heterocycles. The molecule has 116 valence electrons. The monoisotopic (exact) mass is 322 g/mol. The highest BCUT2D eigenvalue weighted by Crippen LogP contribution is 2.30. The Bertz CT molecular complexity index is 793. The van der Waals surface area contributed by atoms with Gasteiger partial charge in [0.1, 0.15) is 5.69 Å². The van der Waals surface area contributed by atoms with Crippen LogP contribution in [-0.2, 0) is 16.4 Å². The molecule has 0 saturated heterocycles. The Labute approximate surface area is 127 Å². The fourth-order valence-corrected chi connectivity index (χ4v) is 2.58. The van der Waals surface area contributed by atoms with Crippen LogP contribution in [0.5, 0.6) is 0 Å². The predicted molar refractivity (Wildman–Crippen MR) is 80.3 cm³/mol. The summed E-state index contributed by atoms with van der Waals surface area (Å²) in [5.74, 6) is 0. The average Bonchev–Trinajstić information content (AvgIpc) is 2.46. The van der Waals surface area contributed by atoms with Crippen molar-refractivity contribution in [1.82, 2.24) is 9.97 Å². The van der Waals surface area contributed by atoms with Crippen molar-refractivity contribution in [3.05, 3.63) is 52.6 Å². The Hall–Kier alpha value is -2.55. The minimum absolute atomic E-state index is 0.0872. The molecule has 0 spiro atoms. The van der Waals surface area contributed by atoms with E-state index >= 15 is 0 Å². The maximum atomic E-state index is 11.5. The van der Waals surface area contributed by atoms with E-state index in [-0.39, 0.29) is 10.6 Å². The van der Waals surface area contributed by atoms with Crippen LogP contribution in [0.2, 0.25) is 0 Å². The van der Waals surface area contributed by atoms with Crippen molar-refractivity contribution in [2.45, 2.75) is 11.4 Å². The van der Waals surface area contributed by atoms with Gasteiger partial charge in [-0.15, -0.1) is 0 Å². The number of benzene rings is 1. The van der Waals surface area contributed by atoms with Crippen molar-refractivity contribution in [3.63, 3.8) is 0 Å². The van der Waals surface area contributed by atoms with Crippen LogP contribution in [0.25, 0.3) is 0 Å². The number of sulfone groups is 1.